The molecule has 4 nitrogen and oxygen atoms in total. The molecule has 0 amide bonds. The maximum atomic E-state index is 13.2. The Hall–Kier alpha value is -1.12. The van der Waals surface area contributed by atoms with Crippen molar-refractivity contribution < 1.29 is 8.78 Å². The summed E-state index contributed by atoms with van der Waals surface area (Å²) in [6.07, 6.45) is 2.75. The van der Waals surface area contributed by atoms with E-state index in [9.17, 15) is 8.78 Å². The van der Waals surface area contributed by atoms with E-state index in [0.717, 1.165) is 43.1 Å². The van der Waals surface area contributed by atoms with Crippen LogP contribution in [0.5, 0.6) is 0 Å². The smallest absolute Gasteiger partial charge is 0.159 e. The van der Waals surface area contributed by atoms with Crippen LogP contribution in [0, 0.1) is 11.6 Å². The van der Waals surface area contributed by atoms with E-state index >= 15 is 0 Å². The third-order valence-corrected chi connectivity index (χ3v) is 5.55. The van der Waals surface area contributed by atoms with Crippen molar-refractivity contribution >= 4 is 21.6 Å². The standard InChI is InChI=1S/C15H20F2N4S2/c1-20(2)7-9-23-22-8-3-6-21-11-15(18-19-21)12-4-5-13(16)14(17)10-12/h4-5,10-11H,3,6-9H2,1-2H3. The van der Waals surface area contributed by atoms with Crippen LogP contribution in [-0.2, 0) is 6.54 Å². The number of aryl methyl sites for hydroxylation is 1. The number of hydrogen-bond donors (Lipinski definition) is 0. The number of nitrogens with zero attached hydrogens (tertiary/aromatic N) is 4. The highest BCUT2D eigenvalue weighted by Crippen LogP contribution is 2.22. The lowest BCUT2D eigenvalue weighted by atomic mass is 10.1. The lowest BCUT2D eigenvalue weighted by molar-refractivity contribution is 0.438. The minimum absolute atomic E-state index is 0.531. The summed E-state index contributed by atoms with van der Waals surface area (Å²) >= 11 is 0. The normalized spacial score (nSPS) is 11.3. The summed E-state index contributed by atoms with van der Waals surface area (Å²) < 4.78 is 27.9. The highest BCUT2D eigenvalue weighted by atomic mass is 33.1. The summed E-state index contributed by atoms with van der Waals surface area (Å²) in [6.45, 7) is 1.84. The average molecular weight is 358 g/mol. The average Bonchev–Trinajstić information content (AvgIpc) is 2.97. The predicted octanol–water partition coefficient (Wildman–Crippen LogP) is 3.56. The third kappa shape index (κ3) is 6.12. The van der Waals surface area contributed by atoms with E-state index in [-0.39, 0.29) is 0 Å². The quantitative estimate of drug-likeness (QED) is 0.506. The van der Waals surface area contributed by atoms with Gasteiger partial charge in [0.1, 0.15) is 5.69 Å². The molecule has 0 unspecified atom stereocenters. The van der Waals surface area contributed by atoms with Crippen LogP contribution in [0.1, 0.15) is 6.42 Å². The van der Waals surface area contributed by atoms with Gasteiger partial charge in [-0.25, -0.2) is 8.78 Å². The van der Waals surface area contributed by atoms with E-state index in [0.29, 0.717) is 11.3 Å². The van der Waals surface area contributed by atoms with Crippen molar-refractivity contribution in [2.75, 3.05) is 32.1 Å². The molecule has 2 aromatic rings. The topological polar surface area (TPSA) is 34.0 Å². The van der Waals surface area contributed by atoms with Crippen LogP contribution in [0.2, 0.25) is 0 Å². The van der Waals surface area contributed by atoms with Gasteiger partial charge in [-0.1, -0.05) is 26.8 Å². The van der Waals surface area contributed by atoms with Crippen LogP contribution in [0.25, 0.3) is 11.3 Å². The largest absolute Gasteiger partial charge is 0.309 e. The molecule has 0 fully saturated rings. The Morgan fingerprint density at radius 2 is 1.91 bits per heavy atom. The SMILES string of the molecule is CN(C)CCSSCCCn1cc(-c2ccc(F)c(F)c2)nn1. The predicted molar refractivity (Wildman–Crippen MR) is 93.5 cm³/mol. The Labute approximate surface area is 143 Å². The lowest BCUT2D eigenvalue weighted by Gasteiger charge is -2.07. The molecule has 0 aliphatic rings. The minimum Gasteiger partial charge on any atom is -0.309 e. The molecule has 0 atom stereocenters. The summed E-state index contributed by atoms with van der Waals surface area (Å²) in [5, 5.41) is 8.04. The minimum atomic E-state index is -0.872. The third-order valence-electron chi connectivity index (χ3n) is 3.07. The van der Waals surface area contributed by atoms with Gasteiger partial charge in [-0.3, -0.25) is 4.68 Å². The second kappa shape index (κ2) is 9.24. The zero-order valence-electron chi connectivity index (χ0n) is 13.2. The zero-order chi connectivity index (χ0) is 16.7. The number of hydrogen-bond acceptors (Lipinski definition) is 5. The molecule has 1 aromatic heterocycles. The molecule has 23 heavy (non-hydrogen) atoms. The number of benzene rings is 1. The molecular formula is C15H20F2N4S2. The van der Waals surface area contributed by atoms with Crippen LogP contribution in [-0.4, -0.2) is 52.0 Å². The van der Waals surface area contributed by atoms with Gasteiger partial charge in [0.15, 0.2) is 11.6 Å². The first-order chi connectivity index (χ1) is 11.1. The van der Waals surface area contributed by atoms with Crippen molar-refractivity contribution in [1.82, 2.24) is 19.9 Å². The second-order valence-corrected chi connectivity index (χ2v) is 8.00. The zero-order valence-corrected chi connectivity index (χ0v) is 14.8. The Balaban J connectivity index is 1.73. The summed E-state index contributed by atoms with van der Waals surface area (Å²) in [7, 11) is 7.87. The highest BCUT2D eigenvalue weighted by molar-refractivity contribution is 8.76. The van der Waals surface area contributed by atoms with Gasteiger partial charge >= 0.3 is 0 Å². The van der Waals surface area contributed by atoms with Crippen LogP contribution in [0.4, 0.5) is 8.78 Å². The van der Waals surface area contributed by atoms with Crippen molar-refractivity contribution in [2.24, 2.45) is 0 Å². The fourth-order valence-electron chi connectivity index (χ4n) is 1.82. The molecule has 0 spiro atoms. The lowest BCUT2D eigenvalue weighted by Crippen LogP contribution is -2.14. The second-order valence-electron chi connectivity index (χ2n) is 5.30. The van der Waals surface area contributed by atoms with Crippen LogP contribution < -0.4 is 0 Å². The molecule has 0 bridgehead atoms. The van der Waals surface area contributed by atoms with Crippen molar-refractivity contribution in [2.45, 2.75) is 13.0 Å². The molecular weight excluding hydrogens is 338 g/mol. The Bertz CT molecular complexity index is 619. The van der Waals surface area contributed by atoms with Gasteiger partial charge in [0.25, 0.3) is 0 Å². The van der Waals surface area contributed by atoms with E-state index in [1.165, 1.54) is 6.07 Å². The molecule has 0 aliphatic carbocycles. The summed E-state index contributed by atoms with van der Waals surface area (Å²) in [5.41, 5.74) is 1.08. The summed E-state index contributed by atoms with van der Waals surface area (Å²) in [4.78, 5) is 2.17. The Morgan fingerprint density at radius 3 is 2.65 bits per heavy atom. The van der Waals surface area contributed by atoms with Gasteiger partial charge in [0.05, 0.1) is 6.20 Å². The molecule has 0 radical (unpaired) electrons. The van der Waals surface area contributed by atoms with Crippen molar-refractivity contribution in [3.63, 3.8) is 0 Å². The molecule has 2 rings (SSSR count). The van der Waals surface area contributed by atoms with Crippen molar-refractivity contribution in [1.29, 1.82) is 0 Å². The van der Waals surface area contributed by atoms with Crippen LogP contribution in [0.15, 0.2) is 24.4 Å². The van der Waals surface area contributed by atoms with E-state index < -0.39 is 11.6 Å². The molecule has 126 valence electrons. The maximum absolute atomic E-state index is 13.2. The molecule has 0 aliphatic heterocycles. The number of rotatable bonds is 9. The molecule has 1 aromatic carbocycles. The molecule has 0 N–H and O–H groups in total. The highest BCUT2D eigenvalue weighted by Gasteiger charge is 2.08. The molecule has 0 saturated heterocycles. The molecule has 0 saturated carbocycles. The fraction of sp³-hybridized carbons (Fsp3) is 0.467. The van der Waals surface area contributed by atoms with Crippen molar-refractivity contribution in [3.8, 4) is 11.3 Å². The van der Waals surface area contributed by atoms with Gasteiger partial charge in [-0.05, 0) is 38.7 Å². The Kier molecular flexibility index (Phi) is 7.32. The van der Waals surface area contributed by atoms with E-state index in [1.807, 2.05) is 21.6 Å². The van der Waals surface area contributed by atoms with Gasteiger partial charge in [0, 0.05) is 30.2 Å². The van der Waals surface area contributed by atoms with Gasteiger partial charge in [-0.15, -0.1) is 5.10 Å². The maximum Gasteiger partial charge on any atom is 0.159 e. The molecule has 8 heteroatoms. The van der Waals surface area contributed by atoms with Crippen molar-refractivity contribution in [3.05, 3.63) is 36.0 Å². The van der Waals surface area contributed by atoms with Crippen LogP contribution >= 0.6 is 21.6 Å². The fourth-order valence-corrected chi connectivity index (χ4v) is 4.03. The first-order valence-corrected chi connectivity index (χ1v) is 9.80. The monoisotopic (exact) mass is 358 g/mol. The van der Waals surface area contributed by atoms with Gasteiger partial charge in [-0.2, -0.15) is 0 Å². The number of aromatic nitrogens is 3. The van der Waals surface area contributed by atoms with E-state index in [2.05, 4.69) is 29.3 Å². The molecule has 1 heterocycles. The summed E-state index contributed by atoms with van der Waals surface area (Å²) in [5.74, 6) is 0.424. The van der Waals surface area contributed by atoms with Gasteiger partial charge < -0.3 is 4.90 Å². The van der Waals surface area contributed by atoms with E-state index in [1.54, 1.807) is 10.9 Å². The first-order valence-electron chi connectivity index (χ1n) is 7.31. The van der Waals surface area contributed by atoms with E-state index in [4.69, 9.17) is 0 Å². The van der Waals surface area contributed by atoms with Gasteiger partial charge in [0.2, 0.25) is 0 Å². The number of halogens is 2. The van der Waals surface area contributed by atoms with Crippen LogP contribution in [0.3, 0.4) is 0 Å². The first kappa shape index (κ1) is 18.2. The Morgan fingerprint density at radius 1 is 1.13 bits per heavy atom. The summed E-state index contributed by atoms with van der Waals surface area (Å²) in [6, 6.07) is 3.75.